The molecule has 0 fully saturated rings. The lowest BCUT2D eigenvalue weighted by molar-refractivity contribution is -0.385. The van der Waals surface area contributed by atoms with Gasteiger partial charge in [-0.1, -0.05) is 26.3 Å². The van der Waals surface area contributed by atoms with Crippen LogP contribution in [-0.4, -0.2) is 11.0 Å². The zero-order valence-electron chi connectivity index (χ0n) is 11.6. The summed E-state index contributed by atoms with van der Waals surface area (Å²) in [6.07, 6.45) is 2.30. The van der Waals surface area contributed by atoms with Gasteiger partial charge in [-0.05, 0) is 46.8 Å². The number of nitro groups is 1. The van der Waals surface area contributed by atoms with Crippen molar-refractivity contribution in [1.29, 1.82) is 0 Å². The van der Waals surface area contributed by atoms with Crippen molar-refractivity contribution in [3.8, 4) is 0 Å². The van der Waals surface area contributed by atoms with E-state index in [0.29, 0.717) is 23.0 Å². The third-order valence-corrected chi connectivity index (χ3v) is 3.99. The highest BCUT2D eigenvalue weighted by molar-refractivity contribution is 9.10. The van der Waals surface area contributed by atoms with Crippen molar-refractivity contribution in [3.05, 3.63) is 38.3 Å². The molecule has 106 valence electrons. The van der Waals surface area contributed by atoms with Gasteiger partial charge in [-0.25, -0.2) is 0 Å². The molecular weight excluding hydrogens is 308 g/mol. The predicted octanol–water partition coefficient (Wildman–Crippen LogP) is 4.27. The SMILES string of the molecule is CCC(C)CC(C)NCc1ccc(Br)c([N+](=O)[O-])c1. The van der Waals surface area contributed by atoms with E-state index in [2.05, 4.69) is 42.0 Å². The van der Waals surface area contributed by atoms with Gasteiger partial charge in [0.15, 0.2) is 0 Å². The Morgan fingerprint density at radius 2 is 2.11 bits per heavy atom. The minimum Gasteiger partial charge on any atom is -0.310 e. The Morgan fingerprint density at radius 1 is 1.42 bits per heavy atom. The van der Waals surface area contributed by atoms with Gasteiger partial charge in [0, 0.05) is 18.7 Å². The van der Waals surface area contributed by atoms with Gasteiger partial charge in [0.05, 0.1) is 9.40 Å². The molecule has 0 heterocycles. The molecule has 2 unspecified atom stereocenters. The van der Waals surface area contributed by atoms with E-state index in [4.69, 9.17) is 0 Å². The molecule has 0 spiro atoms. The predicted molar refractivity (Wildman–Crippen MR) is 81.2 cm³/mol. The summed E-state index contributed by atoms with van der Waals surface area (Å²) in [5.74, 6) is 0.696. The summed E-state index contributed by atoms with van der Waals surface area (Å²) in [5, 5.41) is 14.3. The maximum Gasteiger partial charge on any atom is 0.283 e. The van der Waals surface area contributed by atoms with Gasteiger partial charge in [-0.15, -0.1) is 0 Å². The number of halogens is 1. The first-order chi connectivity index (χ1) is 8.93. The van der Waals surface area contributed by atoms with Crippen LogP contribution in [0.3, 0.4) is 0 Å². The summed E-state index contributed by atoms with van der Waals surface area (Å²) in [5.41, 5.74) is 1.06. The van der Waals surface area contributed by atoms with Crippen molar-refractivity contribution in [1.82, 2.24) is 5.32 Å². The summed E-state index contributed by atoms with van der Waals surface area (Å²) in [6, 6.07) is 5.67. The third-order valence-electron chi connectivity index (χ3n) is 3.31. The van der Waals surface area contributed by atoms with Crippen molar-refractivity contribution in [2.24, 2.45) is 5.92 Å². The van der Waals surface area contributed by atoms with Gasteiger partial charge in [0.1, 0.15) is 0 Å². The Morgan fingerprint density at radius 3 is 2.68 bits per heavy atom. The molecule has 0 saturated heterocycles. The van der Waals surface area contributed by atoms with E-state index in [1.54, 1.807) is 12.1 Å². The minimum absolute atomic E-state index is 0.119. The molecule has 1 aromatic rings. The maximum atomic E-state index is 10.9. The molecule has 1 N–H and O–H groups in total. The Bertz CT molecular complexity index is 437. The maximum absolute atomic E-state index is 10.9. The average molecular weight is 329 g/mol. The third kappa shape index (κ3) is 5.28. The first-order valence-electron chi connectivity index (χ1n) is 6.60. The van der Waals surface area contributed by atoms with E-state index in [9.17, 15) is 10.1 Å². The summed E-state index contributed by atoms with van der Waals surface area (Å²) in [6.45, 7) is 7.24. The second-order valence-electron chi connectivity index (χ2n) is 5.07. The van der Waals surface area contributed by atoms with Crippen LogP contribution in [-0.2, 0) is 6.54 Å². The lowest BCUT2D eigenvalue weighted by Crippen LogP contribution is -2.27. The highest BCUT2D eigenvalue weighted by atomic mass is 79.9. The molecule has 0 bridgehead atoms. The smallest absolute Gasteiger partial charge is 0.283 e. The largest absolute Gasteiger partial charge is 0.310 e. The number of rotatable bonds is 7. The van der Waals surface area contributed by atoms with E-state index in [1.165, 1.54) is 6.42 Å². The number of nitrogens with zero attached hydrogens (tertiary/aromatic N) is 1. The quantitative estimate of drug-likeness (QED) is 0.600. The second-order valence-corrected chi connectivity index (χ2v) is 5.93. The average Bonchev–Trinajstić information content (AvgIpc) is 2.37. The normalized spacial score (nSPS) is 14.1. The lowest BCUT2D eigenvalue weighted by atomic mass is 10.0. The van der Waals surface area contributed by atoms with Crippen LogP contribution in [0.4, 0.5) is 5.69 Å². The van der Waals surface area contributed by atoms with Gasteiger partial charge in [0.2, 0.25) is 0 Å². The van der Waals surface area contributed by atoms with Crippen molar-refractivity contribution in [2.75, 3.05) is 0 Å². The van der Waals surface area contributed by atoms with Crippen molar-refractivity contribution in [2.45, 2.75) is 46.2 Å². The summed E-state index contributed by atoms with van der Waals surface area (Å²) >= 11 is 3.19. The molecular formula is C14H21BrN2O2. The molecule has 0 aliphatic rings. The highest BCUT2D eigenvalue weighted by Crippen LogP contribution is 2.25. The molecule has 0 saturated carbocycles. The van der Waals surface area contributed by atoms with Crippen LogP contribution in [0.25, 0.3) is 0 Å². The van der Waals surface area contributed by atoms with Gasteiger partial charge in [-0.2, -0.15) is 0 Å². The zero-order valence-corrected chi connectivity index (χ0v) is 13.2. The second kappa shape index (κ2) is 7.60. The lowest BCUT2D eigenvalue weighted by Gasteiger charge is -2.17. The number of hydrogen-bond acceptors (Lipinski definition) is 3. The van der Waals surface area contributed by atoms with E-state index in [1.807, 2.05) is 6.07 Å². The Kier molecular flexibility index (Phi) is 6.45. The Labute approximate surface area is 122 Å². The van der Waals surface area contributed by atoms with E-state index in [-0.39, 0.29) is 10.6 Å². The Hall–Kier alpha value is -0.940. The molecule has 0 amide bonds. The standard InChI is InChI=1S/C14H21BrN2O2/c1-4-10(2)7-11(3)16-9-12-5-6-13(15)14(8-12)17(18)19/h5-6,8,10-11,16H,4,7,9H2,1-3H3. The van der Waals surface area contributed by atoms with E-state index < -0.39 is 0 Å². The molecule has 4 nitrogen and oxygen atoms in total. The van der Waals surface area contributed by atoms with Gasteiger partial charge < -0.3 is 5.32 Å². The number of benzene rings is 1. The van der Waals surface area contributed by atoms with Crippen LogP contribution in [0.15, 0.2) is 22.7 Å². The van der Waals surface area contributed by atoms with Crippen molar-refractivity contribution < 1.29 is 4.92 Å². The van der Waals surface area contributed by atoms with Gasteiger partial charge >= 0.3 is 0 Å². The first-order valence-corrected chi connectivity index (χ1v) is 7.39. The molecule has 0 aliphatic carbocycles. The van der Waals surface area contributed by atoms with Crippen LogP contribution in [0.1, 0.15) is 39.2 Å². The van der Waals surface area contributed by atoms with Crippen LogP contribution >= 0.6 is 15.9 Å². The van der Waals surface area contributed by atoms with Crippen molar-refractivity contribution in [3.63, 3.8) is 0 Å². The molecule has 0 radical (unpaired) electrons. The molecule has 0 aliphatic heterocycles. The first kappa shape index (κ1) is 16.1. The molecule has 1 rings (SSSR count). The Balaban J connectivity index is 2.58. The topological polar surface area (TPSA) is 55.2 Å². The number of nitrogens with one attached hydrogen (secondary N) is 1. The summed E-state index contributed by atoms with van der Waals surface area (Å²) in [4.78, 5) is 10.5. The molecule has 19 heavy (non-hydrogen) atoms. The van der Waals surface area contributed by atoms with Crippen LogP contribution in [0, 0.1) is 16.0 Å². The zero-order chi connectivity index (χ0) is 14.4. The minimum atomic E-state index is -0.365. The molecule has 2 atom stereocenters. The highest BCUT2D eigenvalue weighted by Gasteiger charge is 2.13. The van der Waals surface area contributed by atoms with E-state index >= 15 is 0 Å². The van der Waals surface area contributed by atoms with Gasteiger partial charge in [0.25, 0.3) is 5.69 Å². The summed E-state index contributed by atoms with van der Waals surface area (Å²) < 4.78 is 0.522. The van der Waals surface area contributed by atoms with Crippen LogP contribution < -0.4 is 5.32 Å². The monoisotopic (exact) mass is 328 g/mol. The molecule has 1 aromatic carbocycles. The van der Waals surface area contributed by atoms with Gasteiger partial charge in [-0.3, -0.25) is 10.1 Å². The molecule has 5 heteroatoms. The van der Waals surface area contributed by atoms with E-state index in [0.717, 1.165) is 12.0 Å². The van der Waals surface area contributed by atoms with Crippen molar-refractivity contribution >= 4 is 21.6 Å². The molecule has 0 aromatic heterocycles. The fourth-order valence-corrected chi connectivity index (χ4v) is 2.35. The summed E-state index contributed by atoms with van der Waals surface area (Å²) in [7, 11) is 0. The number of nitro benzene ring substituents is 1. The fourth-order valence-electron chi connectivity index (χ4n) is 1.95. The fraction of sp³-hybridized carbons (Fsp3) is 0.571. The number of hydrogen-bond donors (Lipinski definition) is 1. The van der Waals surface area contributed by atoms with Crippen LogP contribution in [0.2, 0.25) is 0 Å². The van der Waals surface area contributed by atoms with Crippen LogP contribution in [0.5, 0.6) is 0 Å².